The second-order valence-corrected chi connectivity index (χ2v) is 11.4. The van der Waals surface area contributed by atoms with Crippen molar-refractivity contribution < 1.29 is 26.3 Å². The van der Waals surface area contributed by atoms with E-state index in [1.54, 1.807) is 18.2 Å². The molecular weight excluding hydrogens is 513 g/mol. The SMILES string of the molecule is CCCc1ccc(S(=O)(=O)N2CCN(CCOC(c3ccccc3)c3cccc(C(F)(F)F)c3)CC2)cc1. The number of nitrogens with zero attached hydrogens (tertiary/aromatic N) is 2. The maximum atomic E-state index is 13.3. The van der Waals surface area contributed by atoms with Gasteiger partial charge in [0.05, 0.1) is 17.1 Å². The topological polar surface area (TPSA) is 49.9 Å². The molecule has 204 valence electrons. The number of alkyl halides is 3. The van der Waals surface area contributed by atoms with Crippen LogP contribution in [0.2, 0.25) is 0 Å². The normalized spacial score (nSPS) is 16.4. The van der Waals surface area contributed by atoms with Crippen LogP contribution >= 0.6 is 0 Å². The van der Waals surface area contributed by atoms with Crippen molar-refractivity contribution in [3.8, 4) is 0 Å². The first-order chi connectivity index (χ1) is 18.2. The Hall–Kier alpha value is -2.72. The Morgan fingerprint density at radius 3 is 2.16 bits per heavy atom. The summed E-state index contributed by atoms with van der Waals surface area (Å²) in [7, 11) is -3.56. The predicted molar refractivity (Wildman–Crippen MR) is 141 cm³/mol. The summed E-state index contributed by atoms with van der Waals surface area (Å²) in [6, 6.07) is 21.5. The van der Waals surface area contributed by atoms with E-state index in [0.29, 0.717) is 49.8 Å². The van der Waals surface area contributed by atoms with Crippen molar-refractivity contribution in [3.05, 3.63) is 101 Å². The molecule has 1 fully saturated rings. The summed E-state index contributed by atoms with van der Waals surface area (Å²) in [6.07, 6.45) is -3.16. The van der Waals surface area contributed by atoms with Crippen molar-refractivity contribution in [2.24, 2.45) is 0 Å². The highest BCUT2D eigenvalue weighted by Crippen LogP contribution is 2.33. The lowest BCUT2D eigenvalue weighted by Crippen LogP contribution is -2.49. The minimum absolute atomic E-state index is 0.293. The van der Waals surface area contributed by atoms with Gasteiger partial charge in [0.2, 0.25) is 10.0 Å². The lowest BCUT2D eigenvalue weighted by atomic mass is 9.99. The maximum absolute atomic E-state index is 13.3. The molecule has 5 nitrogen and oxygen atoms in total. The van der Waals surface area contributed by atoms with Gasteiger partial charge >= 0.3 is 6.18 Å². The molecule has 1 heterocycles. The molecule has 0 aliphatic carbocycles. The molecule has 3 aromatic carbocycles. The van der Waals surface area contributed by atoms with E-state index in [1.807, 2.05) is 42.5 Å². The van der Waals surface area contributed by atoms with Gasteiger partial charge in [-0.3, -0.25) is 4.90 Å². The molecule has 0 amide bonds. The van der Waals surface area contributed by atoms with E-state index in [9.17, 15) is 21.6 Å². The quantitative estimate of drug-likeness (QED) is 0.324. The van der Waals surface area contributed by atoms with E-state index < -0.39 is 27.9 Å². The number of hydrogen-bond acceptors (Lipinski definition) is 4. The molecule has 1 saturated heterocycles. The predicted octanol–water partition coefficient (Wildman–Crippen LogP) is 5.77. The molecule has 0 radical (unpaired) electrons. The van der Waals surface area contributed by atoms with Gasteiger partial charge in [-0.05, 0) is 47.4 Å². The summed E-state index contributed by atoms with van der Waals surface area (Å²) < 4.78 is 73.7. The third-order valence-electron chi connectivity index (χ3n) is 6.74. The van der Waals surface area contributed by atoms with Gasteiger partial charge in [-0.2, -0.15) is 17.5 Å². The van der Waals surface area contributed by atoms with Crippen LogP contribution in [0.1, 0.15) is 41.7 Å². The molecule has 0 spiro atoms. The van der Waals surface area contributed by atoms with Crippen LogP contribution in [0.15, 0.2) is 83.8 Å². The molecule has 1 unspecified atom stereocenters. The summed E-state index contributed by atoms with van der Waals surface area (Å²) in [5.41, 5.74) is 1.62. The highest BCUT2D eigenvalue weighted by Gasteiger charge is 2.32. The van der Waals surface area contributed by atoms with Crippen LogP contribution in [0, 0.1) is 0 Å². The van der Waals surface area contributed by atoms with Crippen LogP contribution in [0.4, 0.5) is 13.2 Å². The average molecular weight is 547 g/mol. The van der Waals surface area contributed by atoms with Crippen LogP contribution in [0.25, 0.3) is 0 Å². The van der Waals surface area contributed by atoms with Crippen molar-refractivity contribution in [2.45, 2.75) is 36.9 Å². The first kappa shape index (κ1) is 28.3. The van der Waals surface area contributed by atoms with Crippen LogP contribution in [0.5, 0.6) is 0 Å². The van der Waals surface area contributed by atoms with Crippen LogP contribution in [0.3, 0.4) is 0 Å². The summed E-state index contributed by atoms with van der Waals surface area (Å²) >= 11 is 0. The number of ether oxygens (including phenoxy) is 1. The fourth-order valence-corrected chi connectivity index (χ4v) is 6.07. The van der Waals surface area contributed by atoms with Gasteiger partial charge in [-0.15, -0.1) is 0 Å². The van der Waals surface area contributed by atoms with Gasteiger partial charge in [0.25, 0.3) is 0 Å². The molecule has 9 heteroatoms. The second-order valence-electron chi connectivity index (χ2n) is 9.42. The Morgan fingerprint density at radius 1 is 0.868 bits per heavy atom. The average Bonchev–Trinajstić information content (AvgIpc) is 2.92. The Balaban J connectivity index is 1.35. The van der Waals surface area contributed by atoms with Gasteiger partial charge < -0.3 is 4.74 Å². The molecule has 1 atom stereocenters. The zero-order valence-corrected chi connectivity index (χ0v) is 22.2. The van der Waals surface area contributed by atoms with Gasteiger partial charge in [-0.1, -0.05) is 67.9 Å². The second kappa shape index (κ2) is 12.4. The van der Waals surface area contributed by atoms with E-state index in [0.717, 1.165) is 36.1 Å². The molecule has 0 aromatic heterocycles. The molecular formula is C29H33F3N2O3S. The Morgan fingerprint density at radius 2 is 1.53 bits per heavy atom. The zero-order valence-electron chi connectivity index (χ0n) is 21.4. The number of sulfonamides is 1. The fraction of sp³-hybridized carbons (Fsp3) is 0.379. The Kier molecular flexibility index (Phi) is 9.25. The van der Waals surface area contributed by atoms with E-state index in [2.05, 4.69) is 11.8 Å². The van der Waals surface area contributed by atoms with Crippen LogP contribution in [-0.4, -0.2) is 57.0 Å². The molecule has 0 bridgehead atoms. The summed E-state index contributed by atoms with van der Waals surface area (Å²) in [5, 5.41) is 0. The number of piperazine rings is 1. The molecule has 0 N–H and O–H groups in total. The lowest BCUT2D eigenvalue weighted by Gasteiger charge is -2.34. The van der Waals surface area contributed by atoms with Crippen molar-refractivity contribution in [1.82, 2.24) is 9.21 Å². The maximum Gasteiger partial charge on any atom is 0.416 e. The zero-order chi connectivity index (χ0) is 27.2. The van der Waals surface area contributed by atoms with Crippen molar-refractivity contribution in [2.75, 3.05) is 39.3 Å². The molecule has 38 heavy (non-hydrogen) atoms. The van der Waals surface area contributed by atoms with E-state index in [4.69, 9.17) is 4.74 Å². The summed E-state index contributed by atoms with van der Waals surface area (Å²) in [6.45, 7) is 4.77. The van der Waals surface area contributed by atoms with E-state index in [1.165, 1.54) is 10.4 Å². The van der Waals surface area contributed by atoms with E-state index >= 15 is 0 Å². The van der Waals surface area contributed by atoms with Gasteiger partial charge in [-0.25, -0.2) is 8.42 Å². The number of benzene rings is 3. The van der Waals surface area contributed by atoms with Crippen molar-refractivity contribution >= 4 is 10.0 Å². The Bertz CT molecular complexity index is 1270. The summed E-state index contributed by atoms with van der Waals surface area (Å²) in [4.78, 5) is 2.42. The number of hydrogen-bond donors (Lipinski definition) is 0. The van der Waals surface area contributed by atoms with Gasteiger partial charge in [0, 0.05) is 32.7 Å². The first-order valence-corrected chi connectivity index (χ1v) is 14.3. The van der Waals surface area contributed by atoms with Crippen LogP contribution in [-0.2, 0) is 27.4 Å². The number of aryl methyl sites for hydroxylation is 1. The summed E-state index contributed by atoms with van der Waals surface area (Å²) in [5.74, 6) is 0. The van der Waals surface area contributed by atoms with Gasteiger partial charge in [0.15, 0.2) is 0 Å². The largest absolute Gasteiger partial charge is 0.416 e. The highest BCUT2D eigenvalue weighted by molar-refractivity contribution is 7.89. The first-order valence-electron chi connectivity index (χ1n) is 12.8. The third-order valence-corrected chi connectivity index (χ3v) is 8.65. The molecule has 1 aliphatic heterocycles. The van der Waals surface area contributed by atoms with Crippen molar-refractivity contribution in [1.29, 1.82) is 0 Å². The third kappa shape index (κ3) is 7.02. The fourth-order valence-electron chi connectivity index (χ4n) is 4.65. The molecule has 3 aromatic rings. The van der Waals surface area contributed by atoms with E-state index in [-0.39, 0.29) is 0 Å². The monoisotopic (exact) mass is 546 g/mol. The Labute approximate surface area is 222 Å². The minimum Gasteiger partial charge on any atom is -0.367 e. The van der Waals surface area contributed by atoms with Crippen LogP contribution < -0.4 is 0 Å². The minimum atomic E-state index is -4.44. The number of halogens is 3. The molecule has 0 saturated carbocycles. The van der Waals surface area contributed by atoms with Gasteiger partial charge in [0.1, 0.15) is 6.10 Å². The smallest absolute Gasteiger partial charge is 0.367 e. The van der Waals surface area contributed by atoms with Crippen molar-refractivity contribution in [3.63, 3.8) is 0 Å². The lowest BCUT2D eigenvalue weighted by molar-refractivity contribution is -0.137. The standard InChI is InChI=1S/C29H33F3N2O3S/c1-2-7-23-12-14-27(15-13-23)38(35,36)34-18-16-33(17-19-34)20-21-37-28(24-8-4-3-5-9-24)25-10-6-11-26(22-25)29(30,31)32/h3-6,8-15,22,28H,2,7,16-21H2,1H3. The molecule has 1 aliphatic rings. The molecule has 4 rings (SSSR count). The highest BCUT2D eigenvalue weighted by atomic mass is 32.2. The number of rotatable bonds is 10.